The first-order chi connectivity index (χ1) is 10.3. The molecule has 2 atom stereocenters. The molecule has 112 valence electrons. The average Bonchev–Trinajstić information content (AvgIpc) is 2.98. The number of pyridine rings is 1. The number of likely N-dealkylation sites (tertiary alicyclic amines) is 1. The van der Waals surface area contributed by atoms with Crippen molar-refractivity contribution in [2.45, 2.75) is 32.4 Å². The summed E-state index contributed by atoms with van der Waals surface area (Å²) >= 11 is 0. The van der Waals surface area contributed by atoms with Crippen LogP contribution in [-0.4, -0.2) is 39.2 Å². The number of aromatic nitrogens is 3. The van der Waals surface area contributed by atoms with Crippen LogP contribution in [0.4, 0.5) is 0 Å². The van der Waals surface area contributed by atoms with Gasteiger partial charge < -0.3 is 10.3 Å². The molecule has 2 aromatic rings. The van der Waals surface area contributed by atoms with E-state index in [-0.39, 0.29) is 0 Å². The number of rotatable bonds is 4. The van der Waals surface area contributed by atoms with Crippen molar-refractivity contribution in [3.63, 3.8) is 0 Å². The molecule has 0 radical (unpaired) electrons. The van der Waals surface area contributed by atoms with Crippen molar-refractivity contribution in [1.82, 2.24) is 20.0 Å². The van der Waals surface area contributed by atoms with Crippen LogP contribution in [0.3, 0.4) is 0 Å². The Morgan fingerprint density at radius 3 is 3.10 bits per heavy atom. The fourth-order valence-electron chi connectivity index (χ4n) is 2.85. The molecule has 1 fully saturated rings. The van der Waals surface area contributed by atoms with Crippen molar-refractivity contribution >= 4 is 0 Å². The first-order valence-electron chi connectivity index (χ1n) is 7.44. The zero-order chi connectivity index (χ0) is 14.7. The third kappa shape index (κ3) is 3.28. The smallest absolute Gasteiger partial charge is 0.241 e. The van der Waals surface area contributed by atoms with E-state index in [1.807, 2.05) is 18.2 Å². The number of hydrogen-bond donors (Lipinski definition) is 1. The van der Waals surface area contributed by atoms with E-state index in [0.717, 1.165) is 24.6 Å². The summed E-state index contributed by atoms with van der Waals surface area (Å²) in [5.74, 6) is 1.91. The van der Waals surface area contributed by atoms with Crippen LogP contribution in [0.5, 0.6) is 0 Å². The molecule has 3 rings (SSSR count). The van der Waals surface area contributed by atoms with Gasteiger partial charge in [-0.3, -0.25) is 9.88 Å². The van der Waals surface area contributed by atoms with E-state index in [1.165, 1.54) is 6.42 Å². The maximum atomic E-state index is 5.89. The van der Waals surface area contributed by atoms with Gasteiger partial charge in [-0.25, -0.2) is 0 Å². The largest absolute Gasteiger partial charge is 0.337 e. The Labute approximate surface area is 124 Å². The predicted octanol–water partition coefficient (Wildman–Crippen LogP) is 1.69. The van der Waals surface area contributed by atoms with Crippen LogP contribution >= 0.6 is 0 Å². The summed E-state index contributed by atoms with van der Waals surface area (Å²) < 4.78 is 5.36. The third-order valence-electron chi connectivity index (χ3n) is 4.07. The summed E-state index contributed by atoms with van der Waals surface area (Å²) in [6.45, 7) is 4.65. The lowest BCUT2D eigenvalue weighted by Crippen LogP contribution is -2.45. The lowest BCUT2D eigenvalue weighted by atomic mass is 9.92. The van der Waals surface area contributed by atoms with Crippen molar-refractivity contribution in [1.29, 1.82) is 0 Å². The zero-order valence-corrected chi connectivity index (χ0v) is 12.3. The monoisotopic (exact) mass is 287 g/mol. The van der Waals surface area contributed by atoms with Gasteiger partial charge in [-0.15, -0.1) is 0 Å². The summed E-state index contributed by atoms with van der Waals surface area (Å²) in [7, 11) is 0. The van der Waals surface area contributed by atoms with E-state index < -0.39 is 0 Å². The van der Waals surface area contributed by atoms with Crippen LogP contribution in [-0.2, 0) is 6.54 Å². The Hall–Kier alpha value is -1.79. The van der Waals surface area contributed by atoms with Gasteiger partial charge in [0.15, 0.2) is 0 Å². The van der Waals surface area contributed by atoms with Gasteiger partial charge in [-0.05, 0) is 37.4 Å². The highest BCUT2D eigenvalue weighted by atomic mass is 16.5. The second-order valence-corrected chi connectivity index (χ2v) is 5.72. The van der Waals surface area contributed by atoms with Gasteiger partial charge in [0.05, 0.1) is 6.54 Å². The third-order valence-corrected chi connectivity index (χ3v) is 4.07. The first kappa shape index (κ1) is 14.2. The SMILES string of the molecule is CC1CCN(Cc2nc(-c3ccccn3)no2)C(CN)C1. The highest BCUT2D eigenvalue weighted by Crippen LogP contribution is 2.23. The highest BCUT2D eigenvalue weighted by Gasteiger charge is 2.26. The van der Waals surface area contributed by atoms with Crippen LogP contribution in [0.2, 0.25) is 0 Å². The fourth-order valence-corrected chi connectivity index (χ4v) is 2.85. The fraction of sp³-hybridized carbons (Fsp3) is 0.533. The molecular weight excluding hydrogens is 266 g/mol. The lowest BCUT2D eigenvalue weighted by molar-refractivity contribution is 0.102. The molecule has 6 nitrogen and oxygen atoms in total. The van der Waals surface area contributed by atoms with Gasteiger partial charge in [0.25, 0.3) is 0 Å². The van der Waals surface area contributed by atoms with Gasteiger partial charge in [-0.2, -0.15) is 4.98 Å². The molecule has 3 heterocycles. The molecule has 0 aliphatic carbocycles. The molecule has 0 amide bonds. The summed E-state index contributed by atoms with van der Waals surface area (Å²) in [4.78, 5) is 11.0. The topological polar surface area (TPSA) is 81.1 Å². The molecule has 0 aromatic carbocycles. The van der Waals surface area contributed by atoms with Crippen LogP contribution in [0.1, 0.15) is 25.7 Å². The molecule has 0 bridgehead atoms. The molecule has 21 heavy (non-hydrogen) atoms. The number of nitrogens with zero attached hydrogens (tertiary/aromatic N) is 4. The summed E-state index contributed by atoms with van der Waals surface area (Å²) in [5.41, 5.74) is 6.62. The minimum Gasteiger partial charge on any atom is -0.337 e. The maximum absolute atomic E-state index is 5.89. The minimum atomic E-state index is 0.402. The Balaban J connectivity index is 1.69. The quantitative estimate of drug-likeness (QED) is 0.921. The van der Waals surface area contributed by atoms with Crippen molar-refractivity contribution < 1.29 is 4.52 Å². The Morgan fingerprint density at radius 2 is 2.33 bits per heavy atom. The molecule has 0 saturated carbocycles. The maximum Gasteiger partial charge on any atom is 0.241 e. The van der Waals surface area contributed by atoms with E-state index in [4.69, 9.17) is 10.3 Å². The van der Waals surface area contributed by atoms with Crippen molar-refractivity contribution in [2.75, 3.05) is 13.1 Å². The average molecular weight is 287 g/mol. The van der Waals surface area contributed by atoms with Crippen LogP contribution in [0.25, 0.3) is 11.5 Å². The minimum absolute atomic E-state index is 0.402. The van der Waals surface area contributed by atoms with Crippen LogP contribution < -0.4 is 5.73 Å². The van der Waals surface area contributed by atoms with E-state index >= 15 is 0 Å². The molecule has 0 spiro atoms. The summed E-state index contributed by atoms with van der Waals surface area (Å²) in [6.07, 6.45) is 4.05. The molecule has 2 unspecified atom stereocenters. The summed E-state index contributed by atoms with van der Waals surface area (Å²) in [6, 6.07) is 6.05. The van der Waals surface area contributed by atoms with Gasteiger partial charge in [0.2, 0.25) is 11.7 Å². The van der Waals surface area contributed by atoms with Crippen LogP contribution in [0.15, 0.2) is 28.9 Å². The zero-order valence-electron chi connectivity index (χ0n) is 12.3. The highest BCUT2D eigenvalue weighted by molar-refractivity contribution is 5.46. The molecule has 6 heteroatoms. The Kier molecular flexibility index (Phi) is 4.26. The van der Waals surface area contributed by atoms with E-state index in [9.17, 15) is 0 Å². The van der Waals surface area contributed by atoms with Crippen molar-refractivity contribution in [3.8, 4) is 11.5 Å². The molecule has 2 N–H and O–H groups in total. The number of nitrogens with two attached hydrogens (primary N) is 1. The van der Waals surface area contributed by atoms with Gasteiger partial charge in [-0.1, -0.05) is 18.1 Å². The Morgan fingerprint density at radius 1 is 1.43 bits per heavy atom. The van der Waals surface area contributed by atoms with Gasteiger partial charge in [0.1, 0.15) is 5.69 Å². The van der Waals surface area contributed by atoms with E-state index in [0.29, 0.717) is 30.8 Å². The molecular formula is C15H21N5O. The second kappa shape index (κ2) is 6.32. The van der Waals surface area contributed by atoms with Crippen molar-refractivity contribution in [3.05, 3.63) is 30.3 Å². The van der Waals surface area contributed by atoms with Crippen LogP contribution in [0, 0.1) is 5.92 Å². The first-order valence-corrected chi connectivity index (χ1v) is 7.44. The molecule has 1 aliphatic heterocycles. The molecule has 2 aromatic heterocycles. The predicted molar refractivity (Wildman–Crippen MR) is 79.2 cm³/mol. The summed E-state index contributed by atoms with van der Waals surface area (Å²) in [5, 5.41) is 4.01. The van der Waals surface area contributed by atoms with Crippen molar-refractivity contribution in [2.24, 2.45) is 11.7 Å². The van der Waals surface area contributed by atoms with Gasteiger partial charge in [0, 0.05) is 18.8 Å². The standard InChI is InChI=1S/C15H21N5O/c1-11-5-7-20(12(8-11)9-16)10-14-18-15(19-21-14)13-4-2-3-6-17-13/h2-4,6,11-12H,5,7-10,16H2,1H3. The second-order valence-electron chi connectivity index (χ2n) is 5.72. The van der Waals surface area contributed by atoms with E-state index in [1.54, 1.807) is 6.20 Å². The number of piperidine rings is 1. The molecule has 1 saturated heterocycles. The van der Waals surface area contributed by atoms with E-state index in [2.05, 4.69) is 26.9 Å². The number of hydrogen-bond acceptors (Lipinski definition) is 6. The normalized spacial score (nSPS) is 23.3. The molecule has 1 aliphatic rings. The lowest BCUT2D eigenvalue weighted by Gasteiger charge is -2.36. The van der Waals surface area contributed by atoms with Gasteiger partial charge >= 0.3 is 0 Å². The Bertz CT molecular complexity index is 570.